The molecule has 6 nitrogen and oxygen atoms in total. The summed E-state index contributed by atoms with van der Waals surface area (Å²) < 4.78 is 0. The Kier molecular flexibility index (Phi) is 3.70. The lowest BCUT2D eigenvalue weighted by molar-refractivity contribution is -0.175. The van der Waals surface area contributed by atoms with Crippen LogP contribution in [-0.2, 0) is 9.63 Å². The van der Waals surface area contributed by atoms with Gasteiger partial charge in [-0.05, 0) is 45.5 Å². The van der Waals surface area contributed by atoms with Gasteiger partial charge in [-0.25, -0.2) is 4.79 Å². The molecule has 2 aliphatic heterocycles. The van der Waals surface area contributed by atoms with Crippen molar-refractivity contribution in [3.8, 4) is 0 Å². The molecule has 0 spiro atoms. The minimum Gasteiger partial charge on any atom is -0.329 e. The molecule has 116 valence electrons. The number of rotatable bonds is 2. The summed E-state index contributed by atoms with van der Waals surface area (Å²) in [5.74, 6) is -1.94. The van der Waals surface area contributed by atoms with E-state index in [4.69, 9.17) is 4.84 Å². The lowest BCUT2D eigenvalue weighted by Gasteiger charge is -2.33. The number of carbonyl (C=O) groups is 3. The molecular weight excluding hydrogens is 284 g/mol. The Balaban J connectivity index is 1.71. The average Bonchev–Trinajstić information content (AvgIpc) is 2.75. The van der Waals surface area contributed by atoms with Crippen molar-refractivity contribution in [1.82, 2.24) is 9.96 Å². The van der Waals surface area contributed by atoms with E-state index in [1.54, 1.807) is 24.3 Å². The molecule has 0 radical (unpaired) electrons. The number of imide groups is 1. The van der Waals surface area contributed by atoms with Crippen molar-refractivity contribution in [3.63, 3.8) is 0 Å². The molecule has 2 atom stereocenters. The van der Waals surface area contributed by atoms with Crippen LogP contribution in [0.5, 0.6) is 0 Å². The van der Waals surface area contributed by atoms with E-state index in [0.717, 1.165) is 6.54 Å². The number of hydrogen-bond donors (Lipinski definition) is 0. The Bertz CT molecular complexity index is 608. The fourth-order valence-corrected chi connectivity index (χ4v) is 2.92. The minimum absolute atomic E-state index is 0.272. The van der Waals surface area contributed by atoms with Gasteiger partial charge in [0, 0.05) is 6.04 Å². The molecule has 2 heterocycles. The Labute approximate surface area is 128 Å². The van der Waals surface area contributed by atoms with Crippen LogP contribution in [0.15, 0.2) is 24.3 Å². The number of benzene rings is 1. The molecule has 1 saturated heterocycles. The van der Waals surface area contributed by atoms with Gasteiger partial charge in [-0.15, -0.1) is 0 Å². The molecular formula is C16H18N2O4. The monoisotopic (exact) mass is 302 g/mol. The minimum atomic E-state index is -0.574. The first-order valence-electron chi connectivity index (χ1n) is 7.39. The van der Waals surface area contributed by atoms with Crippen LogP contribution in [0, 0.1) is 5.92 Å². The van der Waals surface area contributed by atoms with E-state index in [-0.39, 0.29) is 23.1 Å². The maximum Gasteiger partial charge on any atom is 0.336 e. The predicted molar refractivity (Wildman–Crippen MR) is 77.9 cm³/mol. The number of hydroxylamine groups is 2. The van der Waals surface area contributed by atoms with Crippen LogP contribution in [0.25, 0.3) is 0 Å². The lowest BCUT2D eigenvalue weighted by atomic mass is 9.92. The van der Waals surface area contributed by atoms with Gasteiger partial charge in [-0.1, -0.05) is 17.2 Å². The van der Waals surface area contributed by atoms with Crippen LogP contribution in [-0.4, -0.2) is 47.4 Å². The summed E-state index contributed by atoms with van der Waals surface area (Å²) in [6.45, 7) is 2.84. The van der Waals surface area contributed by atoms with Crippen molar-refractivity contribution in [1.29, 1.82) is 0 Å². The van der Waals surface area contributed by atoms with Crippen molar-refractivity contribution in [2.45, 2.75) is 25.8 Å². The second kappa shape index (κ2) is 5.53. The van der Waals surface area contributed by atoms with Crippen molar-refractivity contribution in [2.24, 2.45) is 5.92 Å². The van der Waals surface area contributed by atoms with Crippen LogP contribution in [0.3, 0.4) is 0 Å². The van der Waals surface area contributed by atoms with Gasteiger partial charge in [0.15, 0.2) is 0 Å². The van der Waals surface area contributed by atoms with Crippen LogP contribution in [0.1, 0.15) is 40.5 Å². The lowest BCUT2D eigenvalue weighted by Crippen LogP contribution is -2.42. The van der Waals surface area contributed by atoms with Crippen molar-refractivity contribution in [2.75, 3.05) is 13.6 Å². The number of nitrogens with zero attached hydrogens (tertiary/aromatic N) is 2. The summed E-state index contributed by atoms with van der Waals surface area (Å²) in [6, 6.07) is 6.73. The molecule has 0 aromatic heterocycles. The molecule has 1 fully saturated rings. The van der Waals surface area contributed by atoms with E-state index in [0.29, 0.717) is 17.9 Å². The quantitative estimate of drug-likeness (QED) is 0.774. The van der Waals surface area contributed by atoms with Crippen LogP contribution in [0.2, 0.25) is 0 Å². The molecule has 0 unspecified atom stereocenters. The van der Waals surface area contributed by atoms with Gasteiger partial charge in [-0.2, -0.15) is 0 Å². The number of carbonyl (C=O) groups excluding carboxylic acids is 3. The summed E-state index contributed by atoms with van der Waals surface area (Å²) in [7, 11) is 2.01. The summed E-state index contributed by atoms with van der Waals surface area (Å²) >= 11 is 0. The molecule has 0 saturated carbocycles. The number of likely N-dealkylation sites (tertiary alicyclic amines) is 1. The second-order valence-electron chi connectivity index (χ2n) is 5.91. The highest BCUT2D eigenvalue weighted by Crippen LogP contribution is 2.26. The largest absolute Gasteiger partial charge is 0.336 e. The number of piperidine rings is 1. The highest BCUT2D eigenvalue weighted by atomic mass is 16.7. The highest BCUT2D eigenvalue weighted by Gasteiger charge is 2.40. The zero-order chi connectivity index (χ0) is 15.9. The van der Waals surface area contributed by atoms with Crippen molar-refractivity contribution >= 4 is 17.8 Å². The third-order valence-corrected chi connectivity index (χ3v) is 4.48. The van der Waals surface area contributed by atoms with E-state index < -0.39 is 17.8 Å². The molecule has 1 aromatic rings. The molecule has 0 bridgehead atoms. The first-order valence-corrected chi connectivity index (χ1v) is 7.39. The maximum absolute atomic E-state index is 12.3. The zero-order valence-electron chi connectivity index (χ0n) is 12.6. The fourth-order valence-electron chi connectivity index (χ4n) is 2.92. The van der Waals surface area contributed by atoms with Crippen molar-refractivity contribution < 1.29 is 19.2 Å². The first-order chi connectivity index (χ1) is 10.5. The van der Waals surface area contributed by atoms with Crippen molar-refractivity contribution in [3.05, 3.63) is 35.4 Å². The number of fused-ring (bicyclic) bond motifs is 1. The van der Waals surface area contributed by atoms with E-state index in [2.05, 4.69) is 4.90 Å². The second-order valence-corrected chi connectivity index (χ2v) is 5.91. The third kappa shape index (κ3) is 2.39. The van der Waals surface area contributed by atoms with Crippen LogP contribution >= 0.6 is 0 Å². The number of hydrogen-bond acceptors (Lipinski definition) is 5. The highest BCUT2D eigenvalue weighted by molar-refractivity contribution is 6.20. The van der Waals surface area contributed by atoms with Gasteiger partial charge in [0.25, 0.3) is 11.8 Å². The molecule has 6 heteroatoms. The summed E-state index contributed by atoms with van der Waals surface area (Å²) in [5.41, 5.74) is 0.550. The van der Waals surface area contributed by atoms with E-state index in [9.17, 15) is 14.4 Å². The molecule has 2 amide bonds. The van der Waals surface area contributed by atoms with Gasteiger partial charge in [0.1, 0.15) is 0 Å². The van der Waals surface area contributed by atoms with Crippen LogP contribution < -0.4 is 0 Å². The standard InChI is InChI=1S/C16H18N2O4/c1-10-9-11(7-8-17(10)2)16(21)22-18-14(19)12-5-3-4-6-13(12)15(18)20/h3-6,10-11H,7-9H2,1-2H3/t10-,11-/m0/s1. The third-order valence-electron chi connectivity index (χ3n) is 4.48. The SMILES string of the molecule is C[C@H]1C[C@@H](C(=O)ON2C(=O)c3ccccc3C2=O)CCN1C. The van der Waals surface area contributed by atoms with Gasteiger partial charge >= 0.3 is 5.97 Å². The predicted octanol–water partition coefficient (Wildman–Crippen LogP) is 1.47. The average molecular weight is 302 g/mol. The Hall–Kier alpha value is -2.21. The number of amides is 2. The van der Waals surface area contributed by atoms with Gasteiger partial charge < -0.3 is 9.74 Å². The molecule has 0 aliphatic carbocycles. The maximum atomic E-state index is 12.3. The topological polar surface area (TPSA) is 66.9 Å². The summed E-state index contributed by atoms with van der Waals surface area (Å²) in [5, 5.41) is 0.593. The molecule has 2 aliphatic rings. The Morgan fingerprint density at radius 1 is 1.18 bits per heavy atom. The van der Waals surface area contributed by atoms with E-state index in [1.165, 1.54) is 0 Å². The Morgan fingerprint density at radius 3 is 2.32 bits per heavy atom. The summed E-state index contributed by atoms with van der Waals surface area (Å²) in [6.07, 6.45) is 1.33. The zero-order valence-corrected chi connectivity index (χ0v) is 12.6. The first kappa shape index (κ1) is 14.7. The van der Waals surface area contributed by atoms with E-state index >= 15 is 0 Å². The van der Waals surface area contributed by atoms with Gasteiger partial charge in [0.05, 0.1) is 17.0 Å². The molecule has 0 N–H and O–H groups in total. The molecule has 1 aromatic carbocycles. The normalized spacial score (nSPS) is 25.3. The van der Waals surface area contributed by atoms with Gasteiger partial charge in [-0.3, -0.25) is 9.59 Å². The van der Waals surface area contributed by atoms with Crippen LogP contribution in [0.4, 0.5) is 0 Å². The Morgan fingerprint density at radius 2 is 1.77 bits per heavy atom. The fraction of sp³-hybridized carbons (Fsp3) is 0.438. The smallest absolute Gasteiger partial charge is 0.329 e. The molecule has 3 rings (SSSR count). The molecule has 22 heavy (non-hydrogen) atoms. The van der Waals surface area contributed by atoms with E-state index in [1.807, 2.05) is 14.0 Å². The van der Waals surface area contributed by atoms with Gasteiger partial charge in [0.2, 0.25) is 0 Å². The summed E-state index contributed by atoms with van der Waals surface area (Å²) in [4.78, 5) is 43.9.